The molecule has 0 bridgehead atoms. The summed E-state index contributed by atoms with van der Waals surface area (Å²) < 4.78 is 11.0. The lowest BCUT2D eigenvalue weighted by Gasteiger charge is -2.24. The predicted molar refractivity (Wildman–Crippen MR) is 132 cm³/mol. The normalized spacial score (nSPS) is 17.1. The number of ether oxygens (including phenoxy) is 2. The summed E-state index contributed by atoms with van der Waals surface area (Å²) in [4.78, 5) is 16.1. The van der Waals surface area contributed by atoms with Crippen molar-refractivity contribution in [3.05, 3.63) is 94.4 Å². The third kappa shape index (κ3) is 4.83. The van der Waals surface area contributed by atoms with E-state index in [1.165, 1.54) is 5.56 Å². The van der Waals surface area contributed by atoms with Crippen molar-refractivity contribution >= 4 is 29.4 Å². The van der Waals surface area contributed by atoms with Gasteiger partial charge in [0.15, 0.2) is 0 Å². The van der Waals surface area contributed by atoms with Gasteiger partial charge in [-0.25, -0.2) is 0 Å². The highest BCUT2D eigenvalue weighted by Crippen LogP contribution is 2.48. The van der Waals surface area contributed by atoms with Crippen LogP contribution in [-0.2, 0) is 4.79 Å². The van der Waals surface area contributed by atoms with Crippen LogP contribution < -0.4 is 14.4 Å². The Hall–Kier alpha value is -3.18. The Morgan fingerprint density at radius 2 is 1.59 bits per heavy atom. The second-order valence-corrected chi connectivity index (χ2v) is 8.80. The molecule has 0 aromatic heterocycles. The molecule has 0 radical (unpaired) electrons. The second-order valence-electron chi connectivity index (χ2n) is 7.68. The molecule has 32 heavy (non-hydrogen) atoms. The van der Waals surface area contributed by atoms with Crippen molar-refractivity contribution in [2.75, 3.05) is 18.6 Å². The van der Waals surface area contributed by atoms with Gasteiger partial charge < -0.3 is 9.47 Å². The minimum absolute atomic E-state index is 0.00273. The molecule has 3 aromatic carbocycles. The monoisotopic (exact) mass is 445 g/mol. The Labute approximate surface area is 193 Å². The zero-order chi connectivity index (χ0) is 22.5. The molecule has 0 aliphatic carbocycles. The van der Waals surface area contributed by atoms with Crippen LogP contribution >= 0.6 is 11.8 Å². The molecule has 0 spiro atoms. The van der Waals surface area contributed by atoms with E-state index in [1.807, 2.05) is 59.5 Å². The first-order valence-electron chi connectivity index (χ1n) is 10.7. The SMILES string of the molecule is CCCOc1ccc(/C=C2/SC(c3ccc(C)cc3)N(c3ccc(OC)cc3)C2=O)cc1. The van der Waals surface area contributed by atoms with Crippen LogP contribution in [0.25, 0.3) is 6.08 Å². The van der Waals surface area contributed by atoms with Crippen LogP contribution in [-0.4, -0.2) is 19.6 Å². The average Bonchev–Trinajstić information content (AvgIpc) is 3.15. The zero-order valence-electron chi connectivity index (χ0n) is 18.6. The number of nitrogens with zero attached hydrogens (tertiary/aromatic N) is 1. The molecule has 1 fully saturated rings. The van der Waals surface area contributed by atoms with Crippen molar-refractivity contribution in [3.63, 3.8) is 0 Å². The van der Waals surface area contributed by atoms with E-state index in [0.29, 0.717) is 11.5 Å². The van der Waals surface area contributed by atoms with Gasteiger partial charge in [0.25, 0.3) is 5.91 Å². The summed E-state index contributed by atoms with van der Waals surface area (Å²) in [6, 6.07) is 23.9. The first-order valence-corrected chi connectivity index (χ1v) is 11.6. The van der Waals surface area contributed by atoms with Crippen LogP contribution in [0.3, 0.4) is 0 Å². The molecule has 164 valence electrons. The highest BCUT2D eigenvalue weighted by molar-refractivity contribution is 8.05. The standard InChI is InChI=1S/C27H27NO3S/c1-4-17-31-24-13-7-20(8-14-24)18-25-26(29)28(22-11-15-23(30-3)16-12-22)27(32-25)21-9-5-19(2)6-10-21/h5-16,18,27H,4,17H2,1-3H3/b25-18+. The first-order chi connectivity index (χ1) is 15.6. The summed E-state index contributed by atoms with van der Waals surface area (Å²) in [6.07, 6.45) is 2.93. The third-order valence-corrected chi connectivity index (χ3v) is 6.52. The highest BCUT2D eigenvalue weighted by atomic mass is 32.2. The van der Waals surface area contributed by atoms with Gasteiger partial charge in [-0.1, -0.05) is 60.6 Å². The zero-order valence-corrected chi connectivity index (χ0v) is 19.4. The number of hydrogen-bond donors (Lipinski definition) is 0. The Kier molecular flexibility index (Phi) is 6.86. The number of anilines is 1. The minimum atomic E-state index is -0.130. The number of rotatable bonds is 7. The van der Waals surface area contributed by atoms with E-state index < -0.39 is 0 Å². The molecule has 1 saturated heterocycles. The molecule has 1 atom stereocenters. The van der Waals surface area contributed by atoms with Crippen LogP contribution in [0.15, 0.2) is 77.7 Å². The van der Waals surface area contributed by atoms with Gasteiger partial charge in [-0.2, -0.15) is 0 Å². The van der Waals surface area contributed by atoms with Gasteiger partial charge in [0.1, 0.15) is 16.9 Å². The molecule has 3 aromatic rings. The van der Waals surface area contributed by atoms with E-state index in [0.717, 1.165) is 34.7 Å². The van der Waals surface area contributed by atoms with Crippen molar-refractivity contribution in [1.82, 2.24) is 0 Å². The van der Waals surface area contributed by atoms with E-state index in [9.17, 15) is 4.79 Å². The number of thioether (sulfide) groups is 1. The van der Waals surface area contributed by atoms with E-state index >= 15 is 0 Å². The van der Waals surface area contributed by atoms with Crippen molar-refractivity contribution in [1.29, 1.82) is 0 Å². The summed E-state index contributed by atoms with van der Waals surface area (Å²) in [6.45, 7) is 4.85. The quantitative estimate of drug-likeness (QED) is 0.384. The van der Waals surface area contributed by atoms with Crippen LogP contribution in [0.1, 0.15) is 35.4 Å². The van der Waals surface area contributed by atoms with Crippen LogP contribution in [0.2, 0.25) is 0 Å². The maximum Gasteiger partial charge on any atom is 0.266 e. The molecule has 1 aliphatic heterocycles. The Morgan fingerprint density at radius 3 is 2.22 bits per heavy atom. The van der Waals surface area contributed by atoms with Crippen molar-refractivity contribution < 1.29 is 14.3 Å². The summed E-state index contributed by atoms with van der Waals surface area (Å²) in [5, 5.41) is -0.130. The van der Waals surface area contributed by atoms with E-state index in [-0.39, 0.29) is 11.3 Å². The van der Waals surface area contributed by atoms with Crippen LogP contribution in [0.5, 0.6) is 11.5 Å². The van der Waals surface area contributed by atoms with Crippen molar-refractivity contribution in [2.45, 2.75) is 25.6 Å². The van der Waals surface area contributed by atoms with Crippen molar-refractivity contribution in [3.8, 4) is 11.5 Å². The molecule has 1 amide bonds. The number of carbonyl (C=O) groups excluding carboxylic acids is 1. The average molecular weight is 446 g/mol. The molecule has 1 aliphatic rings. The fourth-order valence-corrected chi connectivity index (χ4v) is 4.78. The first kappa shape index (κ1) is 22.0. The molecule has 4 nitrogen and oxygen atoms in total. The third-order valence-electron chi connectivity index (χ3n) is 5.27. The number of aryl methyl sites for hydroxylation is 1. The van der Waals surface area contributed by atoms with Crippen molar-refractivity contribution in [2.24, 2.45) is 0 Å². The van der Waals surface area contributed by atoms with Crippen LogP contribution in [0, 0.1) is 6.92 Å². The maximum atomic E-state index is 13.5. The summed E-state index contributed by atoms with van der Waals surface area (Å²) >= 11 is 1.58. The lowest BCUT2D eigenvalue weighted by atomic mass is 10.1. The number of methoxy groups -OCH3 is 1. The van der Waals surface area contributed by atoms with E-state index in [4.69, 9.17) is 9.47 Å². The lowest BCUT2D eigenvalue weighted by molar-refractivity contribution is -0.114. The number of hydrogen-bond acceptors (Lipinski definition) is 4. The lowest BCUT2D eigenvalue weighted by Crippen LogP contribution is -2.27. The number of amides is 1. The Morgan fingerprint density at radius 1 is 0.938 bits per heavy atom. The van der Waals surface area contributed by atoms with E-state index in [2.05, 4.69) is 38.1 Å². The summed E-state index contributed by atoms with van der Waals surface area (Å²) in [5.74, 6) is 1.61. The topological polar surface area (TPSA) is 38.8 Å². The van der Waals surface area contributed by atoms with Gasteiger partial charge in [0, 0.05) is 5.69 Å². The fourth-order valence-electron chi connectivity index (χ4n) is 3.52. The van der Waals surface area contributed by atoms with Gasteiger partial charge in [0.2, 0.25) is 0 Å². The smallest absolute Gasteiger partial charge is 0.266 e. The van der Waals surface area contributed by atoms with Gasteiger partial charge in [0.05, 0.1) is 18.6 Å². The van der Waals surface area contributed by atoms with Gasteiger partial charge in [-0.15, -0.1) is 0 Å². The summed E-state index contributed by atoms with van der Waals surface area (Å²) in [5.41, 5.74) is 4.11. The Bertz CT molecular complexity index is 1090. The van der Waals surface area contributed by atoms with E-state index in [1.54, 1.807) is 18.9 Å². The highest BCUT2D eigenvalue weighted by Gasteiger charge is 2.38. The number of benzene rings is 3. The maximum absolute atomic E-state index is 13.5. The Balaban J connectivity index is 1.66. The molecule has 5 heteroatoms. The van der Waals surface area contributed by atoms with Gasteiger partial charge in [-0.05, 0) is 66.9 Å². The van der Waals surface area contributed by atoms with Crippen LogP contribution in [0.4, 0.5) is 5.69 Å². The summed E-state index contributed by atoms with van der Waals surface area (Å²) in [7, 11) is 1.64. The second kappa shape index (κ2) is 9.96. The molecule has 0 N–H and O–H groups in total. The predicted octanol–water partition coefficient (Wildman–Crippen LogP) is 6.61. The van der Waals surface area contributed by atoms with Gasteiger partial charge in [-0.3, -0.25) is 9.69 Å². The molecule has 1 heterocycles. The number of carbonyl (C=O) groups is 1. The fraction of sp³-hybridized carbons (Fsp3) is 0.222. The molecular weight excluding hydrogens is 418 g/mol. The molecule has 1 unspecified atom stereocenters. The molecule has 4 rings (SSSR count). The minimum Gasteiger partial charge on any atom is -0.497 e. The van der Waals surface area contributed by atoms with Gasteiger partial charge >= 0.3 is 0 Å². The molecular formula is C27H27NO3S. The largest absolute Gasteiger partial charge is 0.497 e. The molecule has 0 saturated carbocycles.